The minimum atomic E-state index is -0.279. The highest BCUT2D eigenvalue weighted by Crippen LogP contribution is 2.32. The Morgan fingerprint density at radius 2 is 1.78 bits per heavy atom. The molecule has 2 rings (SSSR count). The Morgan fingerprint density at radius 3 is 2.39 bits per heavy atom. The SMILES string of the molecule is CC(Nc1c(F)cc(Br)cc1Br)c1ccccc1. The molecule has 0 fully saturated rings. The average Bonchev–Trinajstić information content (AvgIpc) is 2.34. The summed E-state index contributed by atoms with van der Waals surface area (Å²) in [5, 5.41) is 3.18. The summed E-state index contributed by atoms with van der Waals surface area (Å²) < 4.78 is 15.3. The van der Waals surface area contributed by atoms with Crippen LogP contribution in [0.1, 0.15) is 18.5 Å². The highest BCUT2D eigenvalue weighted by molar-refractivity contribution is 9.11. The van der Waals surface area contributed by atoms with Gasteiger partial charge in [-0.25, -0.2) is 4.39 Å². The molecule has 2 aromatic carbocycles. The van der Waals surface area contributed by atoms with E-state index in [-0.39, 0.29) is 11.9 Å². The Hall–Kier alpha value is -0.870. The second-order valence-electron chi connectivity index (χ2n) is 4.02. The highest BCUT2D eigenvalue weighted by Gasteiger charge is 2.12. The van der Waals surface area contributed by atoms with E-state index in [1.165, 1.54) is 6.07 Å². The van der Waals surface area contributed by atoms with Crippen molar-refractivity contribution in [1.82, 2.24) is 0 Å². The maximum absolute atomic E-state index is 13.9. The van der Waals surface area contributed by atoms with Crippen LogP contribution in [0.25, 0.3) is 0 Å². The fourth-order valence-corrected chi connectivity index (χ4v) is 3.01. The van der Waals surface area contributed by atoms with Gasteiger partial charge in [0.15, 0.2) is 0 Å². The van der Waals surface area contributed by atoms with Gasteiger partial charge in [0.05, 0.1) is 5.69 Å². The van der Waals surface area contributed by atoms with E-state index in [4.69, 9.17) is 0 Å². The maximum atomic E-state index is 13.9. The molecule has 0 saturated carbocycles. The topological polar surface area (TPSA) is 12.0 Å². The van der Waals surface area contributed by atoms with Crippen LogP contribution in [-0.4, -0.2) is 0 Å². The number of rotatable bonds is 3. The number of halogens is 3. The Balaban J connectivity index is 2.25. The van der Waals surface area contributed by atoms with Crippen molar-refractivity contribution < 1.29 is 4.39 Å². The van der Waals surface area contributed by atoms with Crippen LogP contribution in [-0.2, 0) is 0 Å². The minimum absolute atomic E-state index is 0.0400. The molecule has 0 aliphatic heterocycles. The van der Waals surface area contributed by atoms with Crippen molar-refractivity contribution in [2.24, 2.45) is 0 Å². The Morgan fingerprint density at radius 1 is 1.11 bits per heavy atom. The Bertz CT molecular complexity index is 520. The summed E-state index contributed by atoms with van der Waals surface area (Å²) in [5.74, 6) is -0.279. The minimum Gasteiger partial charge on any atom is -0.375 e. The van der Waals surface area contributed by atoms with Gasteiger partial charge in [-0.1, -0.05) is 46.3 Å². The fraction of sp³-hybridized carbons (Fsp3) is 0.143. The molecule has 0 bridgehead atoms. The summed E-state index contributed by atoms with van der Waals surface area (Å²) in [4.78, 5) is 0. The Kier molecular flexibility index (Phi) is 4.40. The molecule has 2 aromatic rings. The molecule has 1 nitrogen and oxygen atoms in total. The van der Waals surface area contributed by atoms with E-state index in [9.17, 15) is 4.39 Å². The van der Waals surface area contributed by atoms with Gasteiger partial charge in [-0.15, -0.1) is 0 Å². The molecule has 94 valence electrons. The molecule has 18 heavy (non-hydrogen) atoms. The van der Waals surface area contributed by atoms with Gasteiger partial charge in [0.1, 0.15) is 5.82 Å². The van der Waals surface area contributed by atoms with E-state index in [2.05, 4.69) is 37.2 Å². The number of benzene rings is 2. The normalized spacial score (nSPS) is 12.2. The predicted molar refractivity (Wildman–Crippen MR) is 80.3 cm³/mol. The van der Waals surface area contributed by atoms with Gasteiger partial charge in [0.2, 0.25) is 0 Å². The van der Waals surface area contributed by atoms with Crippen molar-refractivity contribution in [3.63, 3.8) is 0 Å². The van der Waals surface area contributed by atoms with Gasteiger partial charge < -0.3 is 5.32 Å². The molecule has 1 unspecified atom stereocenters. The molecule has 0 aliphatic carbocycles. The van der Waals surface area contributed by atoms with Crippen LogP contribution in [0, 0.1) is 5.82 Å². The van der Waals surface area contributed by atoms with E-state index >= 15 is 0 Å². The molecule has 1 N–H and O–H groups in total. The zero-order valence-electron chi connectivity index (χ0n) is 9.75. The predicted octanol–water partition coefficient (Wildman–Crippen LogP) is 5.52. The third-order valence-electron chi connectivity index (χ3n) is 2.67. The molecule has 0 spiro atoms. The number of hydrogen-bond donors (Lipinski definition) is 1. The lowest BCUT2D eigenvalue weighted by atomic mass is 10.1. The van der Waals surface area contributed by atoms with E-state index < -0.39 is 0 Å². The first-order valence-electron chi connectivity index (χ1n) is 5.54. The van der Waals surface area contributed by atoms with Crippen LogP contribution >= 0.6 is 31.9 Å². The van der Waals surface area contributed by atoms with Crippen molar-refractivity contribution in [3.8, 4) is 0 Å². The first-order chi connectivity index (χ1) is 8.58. The number of nitrogens with one attached hydrogen (secondary N) is 1. The van der Waals surface area contributed by atoms with Crippen molar-refractivity contribution in [1.29, 1.82) is 0 Å². The number of hydrogen-bond acceptors (Lipinski definition) is 1. The van der Waals surface area contributed by atoms with E-state index in [0.29, 0.717) is 14.6 Å². The summed E-state index contributed by atoms with van der Waals surface area (Å²) >= 11 is 6.63. The van der Waals surface area contributed by atoms with Crippen LogP contribution in [0.2, 0.25) is 0 Å². The lowest BCUT2D eigenvalue weighted by Crippen LogP contribution is -2.08. The van der Waals surface area contributed by atoms with Crippen molar-refractivity contribution >= 4 is 37.5 Å². The van der Waals surface area contributed by atoms with Crippen molar-refractivity contribution in [3.05, 3.63) is 62.8 Å². The molecule has 0 amide bonds. The zero-order valence-corrected chi connectivity index (χ0v) is 12.9. The van der Waals surface area contributed by atoms with Crippen molar-refractivity contribution in [2.75, 3.05) is 5.32 Å². The van der Waals surface area contributed by atoms with Crippen LogP contribution in [0.15, 0.2) is 51.4 Å². The van der Waals surface area contributed by atoms with Gasteiger partial charge in [0.25, 0.3) is 0 Å². The van der Waals surface area contributed by atoms with Gasteiger partial charge in [-0.2, -0.15) is 0 Å². The summed E-state index contributed by atoms with van der Waals surface area (Å²) in [5.41, 5.74) is 1.60. The first kappa shape index (κ1) is 13.6. The lowest BCUT2D eigenvalue weighted by molar-refractivity contribution is 0.626. The van der Waals surface area contributed by atoms with E-state index in [1.54, 1.807) is 0 Å². The summed E-state index contributed by atoms with van der Waals surface area (Å²) in [6.45, 7) is 2.00. The first-order valence-corrected chi connectivity index (χ1v) is 7.12. The standard InChI is InChI=1S/C14H12Br2FN/c1-9(10-5-3-2-4-6-10)18-14-12(16)7-11(15)8-13(14)17/h2-9,18H,1H3. The van der Waals surface area contributed by atoms with E-state index in [0.717, 1.165) is 5.56 Å². The van der Waals surface area contributed by atoms with Gasteiger partial charge in [-0.3, -0.25) is 0 Å². The van der Waals surface area contributed by atoms with Gasteiger partial charge in [0, 0.05) is 15.0 Å². The molecule has 0 aromatic heterocycles. The number of anilines is 1. The van der Waals surface area contributed by atoms with Crippen LogP contribution in [0.4, 0.5) is 10.1 Å². The largest absolute Gasteiger partial charge is 0.375 e. The highest BCUT2D eigenvalue weighted by atomic mass is 79.9. The third-order valence-corrected chi connectivity index (χ3v) is 3.75. The van der Waals surface area contributed by atoms with Gasteiger partial charge >= 0.3 is 0 Å². The smallest absolute Gasteiger partial charge is 0.148 e. The molecular formula is C14H12Br2FN. The average molecular weight is 373 g/mol. The van der Waals surface area contributed by atoms with Crippen LogP contribution in [0.3, 0.4) is 0 Å². The van der Waals surface area contributed by atoms with Crippen LogP contribution in [0.5, 0.6) is 0 Å². The molecular weight excluding hydrogens is 361 g/mol. The van der Waals surface area contributed by atoms with E-state index in [1.807, 2.05) is 43.3 Å². The summed E-state index contributed by atoms with van der Waals surface area (Å²) in [7, 11) is 0. The molecule has 0 heterocycles. The molecule has 4 heteroatoms. The third kappa shape index (κ3) is 3.12. The Labute approximate surface area is 123 Å². The second kappa shape index (κ2) is 5.85. The second-order valence-corrected chi connectivity index (χ2v) is 5.79. The van der Waals surface area contributed by atoms with Gasteiger partial charge in [-0.05, 0) is 40.5 Å². The zero-order chi connectivity index (χ0) is 13.1. The quantitative estimate of drug-likeness (QED) is 0.747. The van der Waals surface area contributed by atoms with Crippen LogP contribution < -0.4 is 5.32 Å². The summed E-state index contributed by atoms with van der Waals surface area (Å²) in [6.07, 6.45) is 0. The molecule has 0 aliphatic rings. The molecule has 0 radical (unpaired) electrons. The lowest BCUT2D eigenvalue weighted by Gasteiger charge is -2.17. The van der Waals surface area contributed by atoms with Crippen molar-refractivity contribution in [2.45, 2.75) is 13.0 Å². The molecule has 1 atom stereocenters. The monoisotopic (exact) mass is 371 g/mol. The summed E-state index contributed by atoms with van der Waals surface area (Å²) in [6, 6.07) is 13.3. The fourth-order valence-electron chi connectivity index (χ4n) is 1.72. The maximum Gasteiger partial charge on any atom is 0.148 e. The molecule has 0 saturated heterocycles.